The second kappa shape index (κ2) is 10.1. The first-order chi connectivity index (χ1) is 17.5. The van der Waals surface area contributed by atoms with Gasteiger partial charge in [-0.1, -0.05) is 0 Å². The molecule has 1 saturated heterocycles. The van der Waals surface area contributed by atoms with Crippen LogP contribution in [0.3, 0.4) is 0 Å². The number of halogens is 1. The Morgan fingerprint density at radius 2 is 2.14 bits per heavy atom. The molecule has 0 aliphatic carbocycles. The molecule has 1 fully saturated rings. The summed E-state index contributed by atoms with van der Waals surface area (Å²) in [6.45, 7) is 3.69. The van der Waals surface area contributed by atoms with Gasteiger partial charge in [0.2, 0.25) is 0 Å². The van der Waals surface area contributed by atoms with Crippen LogP contribution in [0.25, 0.3) is 5.52 Å². The first kappa shape index (κ1) is 26.0. The maximum atomic E-state index is 14.2. The van der Waals surface area contributed by atoms with E-state index >= 15 is 0 Å². The number of ether oxygens (including phenoxy) is 1. The fraction of sp³-hybridized carbons (Fsp3) is 0.375. The second-order valence-electron chi connectivity index (χ2n) is 8.99. The number of benzene rings is 1. The number of rotatable bonds is 6. The third-order valence-electron chi connectivity index (χ3n) is 5.89. The third-order valence-corrected chi connectivity index (χ3v) is 6.50. The lowest BCUT2D eigenvalue weighted by Crippen LogP contribution is -2.42. The van der Waals surface area contributed by atoms with Gasteiger partial charge in [0.15, 0.2) is 11.9 Å². The predicted octanol–water partition coefficient (Wildman–Crippen LogP) is 3.07. The van der Waals surface area contributed by atoms with Crippen LogP contribution in [0.1, 0.15) is 35.7 Å². The monoisotopic (exact) mass is 527 g/mol. The van der Waals surface area contributed by atoms with Crippen LogP contribution in [0.5, 0.6) is 5.75 Å². The maximum absolute atomic E-state index is 14.2. The molecule has 0 unspecified atom stereocenters. The van der Waals surface area contributed by atoms with Crippen molar-refractivity contribution in [3.05, 3.63) is 47.7 Å². The minimum absolute atomic E-state index is 0.0672. The van der Waals surface area contributed by atoms with Crippen molar-refractivity contribution >= 4 is 38.6 Å². The molecule has 0 radical (unpaired) electrons. The number of fused-ring (bicyclic) bond motifs is 1. The number of carbonyl (C=O) groups excluding carboxylic acids is 2. The number of amides is 2. The van der Waals surface area contributed by atoms with Gasteiger partial charge >= 0.3 is 0 Å². The van der Waals surface area contributed by atoms with Crippen LogP contribution in [0.4, 0.5) is 15.9 Å². The van der Waals surface area contributed by atoms with E-state index in [-0.39, 0.29) is 17.2 Å². The van der Waals surface area contributed by atoms with E-state index in [1.807, 2.05) is 0 Å². The van der Waals surface area contributed by atoms with Crippen LogP contribution in [0, 0.1) is 24.1 Å². The fourth-order valence-corrected chi connectivity index (χ4v) is 4.68. The molecule has 37 heavy (non-hydrogen) atoms. The van der Waals surface area contributed by atoms with E-state index in [1.54, 1.807) is 13.8 Å². The average molecular weight is 528 g/mol. The number of aryl methyl sites for hydroxylation is 1. The van der Waals surface area contributed by atoms with Crippen LogP contribution in [-0.4, -0.2) is 66.7 Å². The number of likely N-dealkylation sites (tertiary alicyclic amines) is 1. The zero-order chi connectivity index (χ0) is 26.9. The van der Waals surface area contributed by atoms with Crippen LogP contribution in [0.15, 0.2) is 35.1 Å². The first-order valence-corrected chi connectivity index (χ1v) is 13.8. The molecule has 1 aliphatic heterocycles. The van der Waals surface area contributed by atoms with E-state index in [0.717, 1.165) is 12.5 Å². The number of nitrogens with zero attached hydrogens (tertiary/aromatic N) is 6. The molecule has 194 valence electrons. The summed E-state index contributed by atoms with van der Waals surface area (Å²) in [4.78, 5) is 31.3. The molecule has 1 aromatic carbocycles. The van der Waals surface area contributed by atoms with Crippen molar-refractivity contribution in [2.24, 2.45) is 4.36 Å². The van der Waals surface area contributed by atoms with E-state index in [4.69, 9.17) is 4.74 Å². The van der Waals surface area contributed by atoms with Crippen molar-refractivity contribution in [3.8, 4) is 11.8 Å². The van der Waals surface area contributed by atoms with E-state index in [0.29, 0.717) is 35.6 Å². The number of nitriles is 1. The fourth-order valence-electron chi connectivity index (χ4n) is 4.18. The van der Waals surface area contributed by atoms with Crippen molar-refractivity contribution in [3.63, 3.8) is 0 Å². The van der Waals surface area contributed by atoms with Crippen LogP contribution < -0.4 is 10.1 Å². The van der Waals surface area contributed by atoms with Gasteiger partial charge in [-0.2, -0.15) is 14.7 Å². The van der Waals surface area contributed by atoms with E-state index in [2.05, 4.69) is 25.8 Å². The molecule has 2 atom stereocenters. The van der Waals surface area contributed by atoms with Gasteiger partial charge in [0.05, 0.1) is 17.3 Å². The van der Waals surface area contributed by atoms with Gasteiger partial charge < -0.3 is 15.0 Å². The first-order valence-electron chi connectivity index (χ1n) is 11.5. The summed E-state index contributed by atoms with van der Waals surface area (Å²) in [7, 11) is -2.66. The molecule has 1 aliphatic rings. The molecule has 3 heterocycles. The molecule has 3 aromatic rings. The summed E-state index contributed by atoms with van der Waals surface area (Å²) in [6.07, 6.45) is 5.85. The van der Waals surface area contributed by atoms with Crippen LogP contribution in [0.2, 0.25) is 0 Å². The maximum Gasteiger partial charge on any atom is 0.286 e. The molecule has 2 aromatic heterocycles. The average Bonchev–Trinajstić information content (AvgIpc) is 3.44. The quantitative estimate of drug-likeness (QED) is 0.515. The Kier molecular flexibility index (Phi) is 7.13. The molecular formula is C24H26FN7O4S. The number of carbonyl (C=O) groups is 2. The topological polar surface area (TPSA) is 142 Å². The summed E-state index contributed by atoms with van der Waals surface area (Å²) in [5.74, 6) is -1.21. The van der Waals surface area contributed by atoms with E-state index in [1.165, 1.54) is 46.6 Å². The largest absolute Gasteiger partial charge is 0.479 e. The van der Waals surface area contributed by atoms with Gasteiger partial charge in [-0.15, -0.1) is 0 Å². The predicted molar refractivity (Wildman–Crippen MR) is 135 cm³/mol. The molecular weight excluding hydrogens is 501 g/mol. The molecule has 0 bridgehead atoms. The number of aromatic nitrogens is 3. The normalized spacial score (nSPS) is 16.3. The molecule has 4 rings (SSSR count). The third kappa shape index (κ3) is 5.54. The lowest BCUT2D eigenvalue weighted by molar-refractivity contribution is -0.137. The zero-order valence-electron chi connectivity index (χ0n) is 20.8. The standard InChI is InChI=1S/C24H26FN7O4S/c1-14-18(23(33)30-37(3,4)35)12-32-21(14)22(27-13-28-32)29-19-8-7-16(25)10-20(19)36-15(2)24(34)31-9-5-6-17(31)11-26/h7-8,10,12-13,15,17H,5-6,9H2,1-4H3,(H,27,28,29)/t15-,17+/m1/s1. The number of anilines is 2. The van der Waals surface area contributed by atoms with Crippen molar-refractivity contribution in [2.45, 2.75) is 38.8 Å². The molecule has 1 N–H and O–H groups in total. The number of hydrogen-bond donors (Lipinski definition) is 1. The Balaban J connectivity index is 1.66. The highest BCUT2D eigenvalue weighted by molar-refractivity contribution is 7.92. The highest BCUT2D eigenvalue weighted by atomic mass is 32.2. The molecule has 11 nitrogen and oxygen atoms in total. The summed E-state index contributed by atoms with van der Waals surface area (Å²) in [5.41, 5.74) is 1.49. The molecule has 0 saturated carbocycles. The SMILES string of the molecule is Cc1c(C(=O)N=S(C)(C)=O)cn2ncnc(Nc3ccc(F)cc3O[C@H](C)C(=O)N3CCC[C@H]3C#N)c12. The van der Waals surface area contributed by atoms with Crippen LogP contribution in [-0.2, 0) is 14.5 Å². The Bertz CT molecular complexity index is 1550. The summed E-state index contributed by atoms with van der Waals surface area (Å²) >= 11 is 0. The minimum Gasteiger partial charge on any atom is -0.479 e. The van der Waals surface area contributed by atoms with E-state index in [9.17, 15) is 23.5 Å². The minimum atomic E-state index is -2.66. The van der Waals surface area contributed by atoms with Gasteiger partial charge in [-0.25, -0.2) is 18.1 Å². The summed E-state index contributed by atoms with van der Waals surface area (Å²) < 4.78 is 37.2. The Morgan fingerprint density at radius 3 is 2.84 bits per heavy atom. The van der Waals surface area contributed by atoms with Gasteiger partial charge in [0.25, 0.3) is 11.8 Å². The number of nitrogens with one attached hydrogen (secondary N) is 1. The summed E-state index contributed by atoms with van der Waals surface area (Å²) in [6, 6.07) is 5.43. The van der Waals surface area contributed by atoms with E-state index < -0.39 is 33.6 Å². The smallest absolute Gasteiger partial charge is 0.286 e. The highest BCUT2D eigenvalue weighted by Gasteiger charge is 2.32. The van der Waals surface area contributed by atoms with Gasteiger partial charge in [0, 0.05) is 41.0 Å². The lowest BCUT2D eigenvalue weighted by atomic mass is 10.2. The lowest BCUT2D eigenvalue weighted by Gasteiger charge is -2.24. The van der Waals surface area contributed by atoms with Crippen molar-refractivity contribution in [1.82, 2.24) is 19.5 Å². The Morgan fingerprint density at radius 1 is 1.38 bits per heavy atom. The zero-order valence-corrected chi connectivity index (χ0v) is 21.6. The van der Waals surface area contributed by atoms with Gasteiger partial charge in [-0.3, -0.25) is 9.59 Å². The summed E-state index contributed by atoms with van der Waals surface area (Å²) in [5, 5.41) is 16.5. The number of hydrogen-bond acceptors (Lipinski definition) is 8. The van der Waals surface area contributed by atoms with Crippen molar-refractivity contribution in [1.29, 1.82) is 5.26 Å². The van der Waals surface area contributed by atoms with Crippen molar-refractivity contribution < 1.29 is 22.9 Å². The van der Waals surface area contributed by atoms with Gasteiger partial charge in [0.1, 0.15) is 29.5 Å². The molecule has 0 spiro atoms. The molecule has 13 heteroatoms. The highest BCUT2D eigenvalue weighted by Crippen LogP contribution is 2.32. The molecule has 2 amide bonds. The van der Waals surface area contributed by atoms with Crippen molar-refractivity contribution in [2.75, 3.05) is 24.4 Å². The Hall–Kier alpha value is -4.05. The second-order valence-corrected chi connectivity index (χ2v) is 11.5. The van der Waals surface area contributed by atoms with Gasteiger partial charge in [-0.05, 0) is 44.4 Å². The van der Waals surface area contributed by atoms with Crippen LogP contribution >= 0.6 is 0 Å². The Labute approximate surface area is 213 Å².